The monoisotopic (exact) mass is 369 g/mol. The first-order valence-corrected chi connectivity index (χ1v) is 9.57. The minimum atomic E-state index is -0.567. The Morgan fingerprint density at radius 3 is 2.46 bits per heavy atom. The Balaban J connectivity index is 2.10. The first kappa shape index (κ1) is 21.1. The zero-order valence-electron chi connectivity index (χ0n) is 17.1. The Labute approximate surface area is 157 Å². The molecule has 0 spiro atoms. The van der Waals surface area contributed by atoms with Crippen molar-refractivity contribution < 1.29 is 19.1 Å². The molecule has 0 radical (unpaired) electrons. The van der Waals surface area contributed by atoms with Crippen LogP contribution in [0.2, 0.25) is 0 Å². The first-order valence-electron chi connectivity index (χ1n) is 9.57. The summed E-state index contributed by atoms with van der Waals surface area (Å²) in [6.07, 6.45) is 0.818. The summed E-state index contributed by atoms with van der Waals surface area (Å²) in [7, 11) is 0. The summed E-state index contributed by atoms with van der Waals surface area (Å²) in [5.41, 5.74) is -1.13. The maximum absolute atomic E-state index is 12.8. The van der Waals surface area contributed by atoms with E-state index in [1.165, 1.54) is 0 Å². The van der Waals surface area contributed by atoms with E-state index in [9.17, 15) is 9.59 Å². The van der Waals surface area contributed by atoms with E-state index in [-0.39, 0.29) is 18.6 Å². The van der Waals surface area contributed by atoms with Crippen molar-refractivity contribution in [3.8, 4) is 0 Å². The largest absolute Gasteiger partial charge is 0.444 e. The van der Waals surface area contributed by atoms with E-state index in [0.717, 1.165) is 26.0 Å². The molecule has 2 aliphatic rings. The number of carbonyl (C=O) groups is 2. The van der Waals surface area contributed by atoms with E-state index in [2.05, 4.69) is 24.1 Å². The Hall–Kier alpha value is -1.18. The number of piperazine rings is 1. The van der Waals surface area contributed by atoms with Gasteiger partial charge in [-0.2, -0.15) is 0 Å². The van der Waals surface area contributed by atoms with E-state index < -0.39 is 11.1 Å². The molecule has 26 heavy (non-hydrogen) atoms. The third kappa shape index (κ3) is 5.18. The van der Waals surface area contributed by atoms with Gasteiger partial charge in [-0.1, -0.05) is 0 Å². The quantitative estimate of drug-likeness (QED) is 0.760. The molecule has 2 rings (SSSR count). The van der Waals surface area contributed by atoms with Gasteiger partial charge in [0.1, 0.15) is 11.9 Å². The zero-order valence-corrected chi connectivity index (χ0v) is 17.1. The number of hydrogen-bond acceptors (Lipinski definition) is 6. The fraction of sp³-hybridized carbons (Fsp3) is 0.895. The van der Waals surface area contributed by atoms with Crippen molar-refractivity contribution in [2.24, 2.45) is 0 Å². The molecule has 1 N–H and O–H groups in total. The molecule has 0 aromatic heterocycles. The van der Waals surface area contributed by atoms with Crippen molar-refractivity contribution in [1.29, 1.82) is 0 Å². The van der Waals surface area contributed by atoms with Crippen molar-refractivity contribution in [3.63, 3.8) is 0 Å². The van der Waals surface area contributed by atoms with E-state index in [4.69, 9.17) is 9.47 Å². The lowest BCUT2D eigenvalue weighted by molar-refractivity contribution is -0.111. The van der Waals surface area contributed by atoms with E-state index >= 15 is 0 Å². The van der Waals surface area contributed by atoms with Gasteiger partial charge in [0.05, 0.1) is 18.8 Å². The molecule has 0 bridgehead atoms. The first-order chi connectivity index (χ1) is 12.1. The molecule has 2 fully saturated rings. The standard InChI is InChI=1S/C19H35N3O4/c1-14-11-25-12-15(2)21(14)9-16-10-22(17(24)26-18(3,4)5)19(6,7-8-23)13-20-16/h8,14-16,20H,7,9-13H2,1-6H3/t14-,15-,16?,19?/m1/s1. The van der Waals surface area contributed by atoms with Gasteiger partial charge in [-0.3, -0.25) is 9.80 Å². The molecule has 7 nitrogen and oxygen atoms in total. The molecule has 0 saturated carbocycles. The average Bonchev–Trinajstić information content (AvgIpc) is 2.51. The van der Waals surface area contributed by atoms with Gasteiger partial charge in [-0.05, 0) is 41.5 Å². The molecule has 0 aliphatic carbocycles. The Morgan fingerprint density at radius 1 is 1.31 bits per heavy atom. The second-order valence-corrected chi connectivity index (χ2v) is 8.97. The van der Waals surface area contributed by atoms with Crippen LogP contribution in [0.4, 0.5) is 4.79 Å². The summed E-state index contributed by atoms with van der Waals surface area (Å²) in [6.45, 7) is 15.2. The predicted molar refractivity (Wildman–Crippen MR) is 100 cm³/mol. The minimum absolute atomic E-state index is 0.130. The molecule has 4 atom stereocenters. The zero-order chi connectivity index (χ0) is 19.5. The molecular formula is C19H35N3O4. The number of ether oxygens (including phenoxy) is 2. The number of hydrogen-bond donors (Lipinski definition) is 1. The number of amides is 1. The number of aldehydes is 1. The Morgan fingerprint density at radius 2 is 1.92 bits per heavy atom. The smallest absolute Gasteiger partial charge is 0.410 e. The number of rotatable bonds is 4. The van der Waals surface area contributed by atoms with E-state index in [1.807, 2.05) is 27.7 Å². The summed E-state index contributed by atoms with van der Waals surface area (Å²) in [5.74, 6) is 0. The number of nitrogens with zero attached hydrogens (tertiary/aromatic N) is 2. The van der Waals surface area contributed by atoms with Crippen molar-refractivity contribution >= 4 is 12.4 Å². The topological polar surface area (TPSA) is 71.1 Å². The SMILES string of the molecule is C[C@@H]1COC[C@@H](C)N1CC1CN(C(=O)OC(C)(C)C)C(C)(CC=O)CN1. The molecule has 2 saturated heterocycles. The molecule has 150 valence electrons. The summed E-state index contributed by atoms with van der Waals surface area (Å²) >= 11 is 0. The van der Waals surface area contributed by atoms with Crippen LogP contribution >= 0.6 is 0 Å². The number of carbonyl (C=O) groups excluding carboxylic acids is 2. The van der Waals surface area contributed by atoms with Crippen LogP contribution in [-0.4, -0.2) is 84.3 Å². The lowest BCUT2D eigenvalue weighted by atomic mass is 9.92. The summed E-state index contributed by atoms with van der Waals surface area (Å²) in [4.78, 5) is 28.2. The van der Waals surface area contributed by atoms with Crippen LogP contribution in [-0.2, 0) is 14.3 Å². The lowest BCUT2D eigenvalue weighted by Gasteiger charge is -2.49. The maximum atomic E-state index is 12.8. The number of nitrogens with one attached hydrogen (secondary N) is 1. The van der Waals surface area contributed by atoms with Gasteiger partial charge >= 0.3 is 6.09 Å². The van der Waals surface area contributed by atoms with Crippen molar-refractivity contribution in [1.82, 2.24) is 15.1 Å². The average molecular weight is 370 g/mol. The molecular weight excluding hydrogens is 334 g/mol. The molecule has 2 heterocycles. The third-order valence-corrected chi connectivity index (χ3v) is 5.24. The second kappa shape index (κ2) is 8.23. The van der Waals surface area contributed by atoms with E-state index in [0.29, 0.717) is 25.2 Å². The molecule has 1 amide bonds. The Bertz CT molecular complexity index is 498. The summed E-state index contributed by atoms with van der Waals surface area (Å²) in [5, 5.41) is 3.54. The highest BCUT2D eigenvalue weighted by Gasteiger charge is 2.43. The molecule has 0 aromatic carbocycles. The van der Waals surface area contributed by atoms with Crippen molar-refractivity contribution in [2.75, 3.05) is 32.8 Å². The highest BCUT2D eigenvalue weighted by atomic mass is 16.6. The Kier molecular flexibility index (Phi) is 6.69. The van der Waals surface area contributed by atoms with Crippen LogP contribution in [0.25, 0.3) is 0 Å². The van der Waals surface area contributed by atoms with Gasteiger partial charge in [0, 0.05) is 44.2 Å². The van der Waals surface area contributed by atoms with Crippen LogP contribution in [0.1, 0.15) is 48.0 Å². The van der Waals surface area contributed by atoms with Crippen LogP contribution in [0.5, 0.6) is 0 Å². The second-order valence-electron chi connectivity index (χ2n) is 8.97. The van der Waals surface area contributed by atoms with Gasteiger partial charge in [0.2, 0.25) is 0 Å². The van der Waals surface area contributed by atoms with Gasteiger partial charge in [-0.25, -0.2) is 4.79 Å². The highest BCUT2D eigenvalue weighted by molar-refractivity contribution is 5.70. The summed E-state index contributed by atoms with van der Waals surface area (Å²) < 4.78 is 11.2. The van der Waals surface area contributed by atoms with Crippen LogP contribution in [0, 0.1) is 0 Å². The van der Waals surface area contributed by atoms with Crippen LogP contribution < -0.4 is 5.32 Å². The molecule has 0 aromatic rings. The number of morpholine rings is 1. The van der Waals surface area contributed by atoms with Gasteiger partial charge in [0.15, 0.2) is 0 Å². The highest BCUT2D eigenvalue weighted by Crippen LogP contribution is 2.26. The summed E-state index contributed by atoms with van der Waals surface area (Å²) in [6, 6.07) is 0.822. The molecule has 7 heteroatoms. The third-order valence-electron chi connectivity index (χ3n) is 5.24. The fourth-order valence-electron chi connectivity index (χ4n) is 3.71. The fourth-order valence-corrected chi connectivity index (χ4v) is 3.71. The maximum Gasteiger partial charge on any atom is 0.410 e. The molecule has 2 unspecified atom stereocenters. The lowest BCUT2D eigenvalue weighted by Crippen LogP contribution is -2.68. The predicted octanol–water partition coefficient (Wildman–Crippen LogP) is 1.65. The van der Waals surface area contributed by atoms with Crippen LogP contribution in [0.3, 0.4) is 0 Å². The minimum Gasteiger partial charge on any atom is -0.444 e. The molecule has 2 aliphatic heterocycles. The van der Waals surface area contributed by atoms with Gasteiger partial charge in [-0.15, -0.1) is 0 Å². The van der Waals surface area contributed by atoms with Crippen LogP contribution in [0.15, 0.2) is 0 Å². The van der Waals surface area contributed by atoms with E-state index in [1.54, 1.807) is 4.90 Å². The van der Waals surface area contributed by atoms with Crippen molar-refractivity contribution in [3.05, 3.63) is 0 Å². The van der Waals surface area contributed by atoms with Gasteiger partial charge < -0.3 is 19.6 Å². The normalized spacial score (nSPS) is 33.8. The van der Waals surface area contributed by atoms with Gasteiger partial charge in [0.25, 0.3) is 0 Å². The van der Waals surface area contributed by atoms with Crippen molar-refractivity contribution in [2.45, 2.75) is 77.2 Å².